The SMILES string of the molecule is CC1=CC(C=O)CC(C)(C)C1. The fourth-order valence-corrected chi connectivity index (χ4v) is 2.04. The Bertz CT molecular complexity index is 189. The van der Waals surface area contributed by atoms with Crippen LogP contribution in [0.4, 0.5) is 0 Å². The minimum absolute atomic E-state index is 0.166. The molecule has 0 amide bonds. The summed E-state index contributed by atoms with van der Waals surface area (Å²) in [5, 5.41) is 0. The molecule has 0 heterocycles. The van der Waals surface area contributed by atoms with E-state index in [1.807, 2.05) is 0 Å². The molecule has 0 bridgehead atoms. The number of rotatable bonds is 1. The summed E-state index contributed by atoms with van der Waals surface area (Å²) in [6, 6.07) is 0. The third kappa shape index (κ3) is 2.18. The van der Waals surface area contributed by atoms with Crippen molar-refractivity contribution in [1.82, 2.24) is 0 Å². The summed E-state index contributed by atoms with van der Waals surface area (Å²) >= 11 is 0. The minimum Gasteiger partial charge on any atom is -0.303 e. The predicted molar refractivity (Wildman–Crippen MR) is 46.3 cm³/mol. The Kier molecular flexibility index (Phi) is 2.17. The molecule has 0 aromatic rings. The molecule has 1 atom stereocenters. The van der Waals surface area contributed by atoms with Crippen molar-refractivity contribution in [2.75, 3.05) is 0 Å². The van der Waals surface area contributed by atoms with E-state index in [0.29, 0.717) is 5.41 Å². The van der Waals surface area contributed by atoms with Crippen LogP contribution in [0.15, 0.2) is 11.6 Å². The van der Waals surface area contributed by atoms with E-state index in [-0.39, 0.29) is 5.92 Å². The van der Waals surface area contributed by atoms with Gasteiger partial charge in [0, 0.05) is 5.92 Å². The van der Waals surface area contributed by atoms with Gasteiger partial charge in [0.1, 0.15) is 6.29 Å². The summed E-state index contributed by atoms with van der Waals surface area (Å²) in [4.78, 5) is 10.5. The lowest BCUT2D eigenvalue weighted by Crippen LogP contribution is -2.21. The fourth-order valence-electron chi connectivity index (χ4n) is 2.04. The molecular weight excluding hydrogens is 136 g/mol. The molecule has 0 saturated heterocycles. The number of aldehydes is 1. The Balaban J connectivity index is 2.76. The number of hydrogen-bond donors (Lipinski definition) is 0. The van der Waals surface area contributed by atoms with Crippen LogP contribution in [0, 0.1) is 11.3 Å². The summed E-state index contributed by atoms with van der Waals surface area (Å²) in [7, 11) is 0. The van der Waals surface area contributed by atoms with E-state index in [1.165, 1.54) is 5.57 Å². The third-order valence-electron chi connectivity index (χ3n) is 2.22. The first-order valence-electron chi connectivity index (χ1n) is 4.16. The Hall–Kier alpha value is -0.590. The summed E-state index contributed by atoms with van der Waals surface area (Å²) in [6.07, 6.45) is 5.30. The largest absolute Gasteiger partial charge is 0.303 e. The standard InChI is InChI=1S/C10H16O/c1-8-4-9(7-11)6-10(2,3)5-8/h4,7,9H,5-6H2,1-3H3. The maximum Gasteiger partial charge on any atom is 0.126 e. The minimum atomic E-state index is 0.166. The quantitative estimate of drug-likeness (QED) is 0.417. The smallest absolute Gasteiger partial charge is 0.126 e. The molecule has 1 rings (SSSR count). The summed E-state index contributed by atoms with van der Waals surface area (Å²) < 4.78 is 0. The van der Waals surface area contributed by atoms with Crippen LogP contribution >= 0.6 is 0 Å². The van der Waals surface area contributed by atoms with Gasteiger partial charge in [-0.25, -0.2) is 0 Å². The molecular formula is C10H16O. The van der Waals surface area contributed by atoms with Gasteiger partial charge >= 0.3 is 0 Å². The van der Waals surface area contributed by atoms with Crippen molar-refractivity contribution in [3.63, 3.8) is 0 Å². The predicted octanol–water partition coefficient (Wildman–Crippen LogP) is 2.57. The van der Waals surface area contributed by atoms with E-state index in [2.05, 4.69) is 26.8 Å². The lowest BCUT2D eigenvalue weighted by molar-refractivity contribution is -0.110. The average molecular weight is 152 g/mol. The van der Waals surface area contributed by atoms with Crippen molar-refractivity contribution in [3.05, 3.63) is 11.6 Å². The number of hydrogen-bond acceptors (Lipinski definition) is 1. The zero-order valence-corrected chi connectivity index (χ0v) is 7.55. The molecule has 62 valence electrons. The van der Waals surface area contributed by atoms with E-state index < -0.39 is 0 Å². The van der Waals surface area contributed by atoms with Crippen LogP contribution in [0.2, 0.25) is 0 Å². The van der Waals surface area contributed by atoms with Crippen LogP contribution in [-0.2, 0) is 4.79 Å². The second-order valence-electron chi connectivity index (χ2n) is 4.36. The van der Waals surface area contributed by atoms with Gasteiger partial charge in [0.2, 0.25) is 0 Å². The molecule has 0 saturated carbocycles. The summed E-state index contributed by atoms with van der Waals surface area (Å²) in [6.45, 7) is 6.55. The second kappa shape index (κ2) is 2.80. The molecule has 0 aliphatic heterocycles. The van der Waals surface area contributed by atoms with Crippen LogP contribution in [-0.4, -0.2) is 6.29 Å². The lowest BCUT2D eigenvalue weighted by Gasteiger charge is -2.31. The molecule has 1 unspecified atom stereocenters. The van der Waals surface area contributed by atoms with Gasteiger partial charge < -0.3 is 4.79 Å². The molecule has 1 heteroatoms. The van der Waals surface area contributed by atoms with Gasteiger partial charge in [0.05, 0.1) is 0 Å². The van der Waals surface area contributed by atoms with E-state index in [1.54, 1.807) is 0 Å². The van der Waals surface area contributed by atoms with Gasteiger partial charge in [-0.05, 0) is 25.2 Å². The highest BCUT2D eigenvalue weighted by Crippen LogP contribution is 2.36. The third-order valence-corrected chi connectivity index (χ3v) is 2.22. The number of carbonyl (C=O) groups excluding carboxylic acids is 1. The summed E-state index contributed by atoms with van der Waals surface area (Å²) in [5.74, 6) is 0.166. The highest BCUT2D eigenvalue weighted by atomic mass is 16.1. The van der Waals surface area contributed by atoms with Gasteiger partial charge in [0.25, 0.3) is 0 Å². The second-order valence-corrected chi connectivity index (χ2v) is 4.36. The van der Waals surface area contributed by atoms with Gasteiger partial charge in [-0.3, -0.25) is 0 Å². The van der Waals surface area contributed by atoms with Gasteiger partial charge in [-0.15, -0.1) is 0 Å². The average Bonchev–Trinajstić information content (AvgIpc) is 1.83. The van der Waals surface area contributed by atoms with Crippen molar-refractivity contribution in [2.24, 2.45) is 11.3 Å². The molecule has 1 aliphatic rings. The topological polar surface area (TPSA) is 17.1 Å². The molecule has 0 aromatic heterocycles. The maximum atomic E-state index is 10.5. The molecule has 11 heavy (non-hydrogen) atoms. The maximum absolute atomic E-state index is 10.5. The zero-order chi connectivity index (χ0) is 8.48. The first kappa shape index (κ1) is 8.51. The van der Waals surface area contributed by atoms with Crippen molar-refractivity contribution < 1.29 is 4.79 Å². The van der Waals surface area contributed by atoms with E-state index in [4.69, 9.17) is 0 Å². The van der Waals surface area contributed by atoms with Crippen LogP contribution in [0.1, 0.15) is 33.6 Å². The normalized spacial score (nSPS) is 29.4. The Morgan fingerprint density at radius 1 is 1.64 bits per heavy atom. The van der Waals surface area contributed by atoms with Gasteiger partial charge in [-0.1, -0.05) is 25.5 Å². The van der Waals surface area contributed by atoms with Gasteiger partial charge in [0.15, 0.2) is 0 Å². The van der Waals surface area contributed by atoms with E-state index >= 15 is 0 Å². The van der Waals surface area contributed by atoms with Crippen LogP contribution in [0.3, 0.4) is 0 Å². The van der Waals surface area contributed by atoms with Crippen LogP contribution in [0.25, 0.3) is 0 Å². The molecule has 0 spiro atoms. The lowest BCUT2D eigenvalue weighted by atomic mass is 9.74. The monoisotopic (exact) mass is 152 g/mol. The highest BCUT2D eigenvalue weighted by Gasteiger charge is 2.26. The Labute approximate surface area is 68.5 Å². The molecule has 1 nitrogen and oxygen atoms in total. The first-order valence-corrected chi connectivity index (χ1v) is 4.16. The molecule has 0 fully saturated rings. The van der Waals surface area contributed by atoms with Crippen molar-refractivity contribution in [1.29, 1.82) is 0 Å². The number of carbonyl (C=O) groups is 1. The fraction of sp³-hybridized carbons (Fsp3) is 0.700. The van der Waals surface area contributed by atoms with E-state index in [0.717, 1.165) is 19.1 Å². The van der Waals surface area contributed by atoms with Crippen molar-refractivity contribution in [3.8, 4) is 0 Å². The van der Waals surface area contributed by atoms with Gasteiger partial charge in [-0.2, -0.15) is 0 Å². The van der Waals surface area contributed by atoms with Crippen molar-refractivity contribution >= 4 is 6.29 Å². The van der Waals surface area contributed by atoms with Crippen LogP contribution in [0.5, 0.6) is 0 Å². The molecule has 0 N–H and O–H groups in total. The van der Waals surface area contributed by atoms with E-state index in [9.17, 15) is 4.79 Å². The molecule has 1 aliphatic carbocycles. The Morgan fingerprint density at radius 2 is 2.27 bits per heavy atom. The molecule has 0 aromatic carbocycles. The Morgan fingerprint density at radius 3 is 2.73 bits per heavy atom. The highest BCUT2D eigenvalue weighted by molar-refractivity contribution is 5.57. The molecule has 0 radical (unpaired) electrons. The number of allylic oxidation sites excluding steroid dienone is 2. The first-order chi connectivity index (χ1) is 5.03. The van der Waals surface area contributed by atoms with Crippen molar-refractivity contribution in [2.45, 2.75) is 33.6 Å². The van der Waals surface area contributed by atoms with Crippen LogP contribution < -0.4 is 0 Å². The summed E-state index contributed by atoms with van der Waals surface area (Å²) in [5.41, 5.74) is 1.68. The zero-order valence-electron chi connectivity index (χ0n) is 7.55.